The molecule has 33 heavy (non-hydrogen) atoms. The number of carbonyl (C=O) groups excluding carboxylic acids is 1. The molecule has 1 aliphatic heterocycles. The van der Waals surface area contributed by atoms with Gasteiger partial charge < -0.3 is 19.5 Å². The highest BCUT2D eigenvalue weighted by atomic mass is 32.2. The van der Waals surface area contributed by atoms with Gasteiger partial charge in [-0.2, -0.15) is 4.31 Å². The van der Waals surface area contributed by atoms with Crippen LogP contribution >= 0.6 is 0 Å². The monoisotopic (exact) mass is 478 g/mol. The molecule has 0 unspecified atom stereocenters. The number of likely N-dealkylation sites (N-methyl/N-ethyl adjacent to an activating group) is 1. The summed E-state index contributed by atoms with van der Waals surface area (Å²) < 4.78 is 39.5. The van der Waals surface area contributed by atoms with E-state index >= 15 is 0 Å². The second kappa shape index (κ2) is 10.9. The van der Waals surface area contributed by atoms with Crippen LogP contribution in [0.2, 0.25) is 0 Å². The smallest absolute Gasteiger partial charge is 0.247 e. The van der Waals surface area contributed by atoms with Crippen LogP contribution < -0.4 is 4.74 Å². The first-order chi connectivity index (χ1) is 15.7. The van der Waals surface area contributed by atoms with Crippen molar-refractivity contribution in [2.24, 2.45) is 11.8 Å². The molecular weight excluding hydrogens is 444 g/mol. The first kappa shape index (κ1) is 25.5. The highest BCUT2D eigenvalue weighted by Crippen LogP contribution is 2.35. The zero-order valence-electron chi connectivity index (χ0n) is 19.8. The molecular formula is C24H34N2O6S. The Bertz CT molecular complexity index is 1010. The molecule has 1 amide bonds. The summed E-state index contributed by atoms with van der Waals surface area (Å²) in [7, 11) is -0.597. The van der Waals surface area contributed by atoms with Gasteiger partial charge in [0.05, 0.1) is 13.2 Å². The zero-order chi connectivity index (χ0) is 24.2. The normalized spacial score (nSPS) is 23.2. The predicted molar refractivity (Wildman–Crippen MR) is 124 cm³/mol. The maximum atomic E-state index is 13.5. The predicted octanol–water partition coefficient (Wildman–Crippen LogP) is 1.71. The van der Waals surface area contributed by atoms with Crippen molar-refractivity contribution >= 4 is 15.9 Å². The van der Waals surface area contributed by atoms with Crippen LogP contribution in [0.5, 0.6) is 5.75 Å². The van der Waals surface area contributed by atoms with Crippen molar-refractivity contribution in [1.82, 2.24) is 9.21 Å². The molecule has 1 aromatic rings. The fraction of sp³-hybridized carbons (Fsp3) is 0.625. The van der Waals surface area contributed by atoms with Gasteiger partial charge in [0.25, 0.3) is 0 Å². The number of sulfonamides is 1. The molecule has 3 rings (SSSR count). The minimum Gasteiger partial charge on any atom is -0.487 e. The number of aliphatic hydroxyl groups is 1. The van der Waals surface area contributed by atoms with Gasteiger partial charge in [0.1, 0.15) is 23.4 Å². The maximum Gasteiger partial charge on any atom is 0.247 e. The Hall–Kier alpha value is -2.12. The van der Waals surface area contributed by atoms with Gasteiger partial charge in [-0.05, 0) is 43.9 Å². The number of methoxy groups -OCH3 is 1. The minimum absolute atomic E-state index is 0.0314. The SMILES string of the molecule is COCC#Cc1ccc2c(c1)O[C@H](CN(C)C(=O)CC1CC1)[C@@H](C)CN([C@@H](C)CO)S2(=O)=O. The number of hydrogen-bond acceptors (Lipinski definition) is 6. The molecule has 1 fully saturated rings. The maximum absolute atomic E-state index is 13.5. The van der Waals surface area contributed by atoms with Crippen molar-refractivity contribution in [3.8, 4) is 17.6 Å². The van der Waals surface area contributed by atoms with Crippen molar-refractivity contribution in [1.29, 1.82) is 0 Å². The summed E-state index contributed by atoms with van der Waals surface area (Å²) in [4.78, 5) is 14.3. The molecule has 1 aromatic carbocycles. The van der Waals surface area contributed by atoms with Crippen LogP contribution in [0.1, 0.15) is 38.7 Å². The Morgan fingerprint density at radius 3 is 2.76 bits per heavy atom. The van der Waals surface area contributed by atoms with E-state index in [9.17, 15) is 18.3 Å². The van der Waals surface area contributed by atoms with Crippen LogP contribution in [0.15, 0.2) is 23.1 Å². The Balaban J connectivity index is 1.97. The van der Waals surface area contributed by atoms with E-state index in [4.69, 9.17) is 9.47 Å². The number of rotatable bonds is 7. The fourth-order valence-electron chi connectivity index (χ4n) is 3.83. The van der Waals surface area contributed by atoms with Crippen LogP contribution in [-0.2, 0) is 19.6 Å². The van der Waals surface area contributed by atoms with E-state index in [2.05, 4.69) is 11.8 Å². The summed E-state index contributed by atoms with van der Waals surface area (Å²) in [6, 6.07) is 4.15. The first-order valence-corrected chi connectivity index (χ1v) is 12.8. The number of ether oxygens (including phenoxy) is 2. The molecule has 1 N–H and O–H groups in total. The van der Waals surface area contributed by atoms with Crippen molar-refractivity contribution in [2.45, 2.75) is 50.2 Å². The van der Waals surface area contributed by atoms with Crippen molar-refractivity contribution in [3.05, 3.63) is 23.8 Å². The summed E-state index contributed by atoms with van der Waals surface area (Å²) in [6.45, 7) is 4.06. The van der Waals surface area contributed by atoms with Gasteiger partial charge in [-0.3, -0.25) is 4.79 Å². The fourth-order valence-corrected chi connectivity index (χ4v) is 5.65. The van der Waals surface area contributed by atoms with Crippen LogP contribution in [0.4, 0.5) is 0 Å². The molecule has 0 aromatic heterocycles. The summed E-state index contributed by atoms with van der Waals surface area (Å²) >= 11 is 0. The average Bonchev–Trinajstić information content (AvgIpc) is 3.59. The summed E-state index contributed by atoms with van der Waals surface area (Å²) in [5.41, 5.74) is 0.605. The van der Waals surface area contributed by atoms with Crippen molar-refractivity contribution < 1.29 is 27.8 Å². The summed E-state index contributed by atoms with van der Waals surface area (Å²) in [5.74, 6) is 6.35. The van der Waals surface area contributed by atoms with Crippen LogP contribution in [0.25, 0.3) is 0 Å². The third-order valence-electron chi connectivity index (χ3n) is 6.16. The molecule has 182 valence electrons. The molecule has 1 heterocycles. The number of nitrogens with zero attached hydrogens (tertiary/aromatic N) is 2. The second-order valence-corrected chi connectivity index (χ2v) is 10.9. The lowest BCUT2D eigenvalue weighted by Gasteiger charge is -2.37. The van der Waals surface area contributed by atoms with Crippen LogP contribution in [-0.4, -0.2) is 81.2 Å². The number of amides is 1. The Morgan fingerprint density at radius 2 is 2.12 bits per heavy atom. The van der Waals surface area contributed by atoms with Crippen molar-refractivity contribution in [3.63, 3.8) is 0 Å². The van der Waals surface area contributed by atoms with Crippen molar-refractivity contribution in [2.75, 3.05) is 40.5 Å². The van der Waals surface area contributed by atoms with Gasteiger partial charge in [0, 0.05) is 44.6 Å². The van der Waals surface area contributed by atoms with E-state index in [0.717, 1.165) is 12.8 Å². The molecule has 0 bridgehead atoms. The highest BCUT2D eigenvalue weighted by molar-refractivity contribution is 7.89. The number of aliphatic hydroxyl groups excluding tert-OH is 1. The van der Waals surface area contributed by atoms with Crippen LogP contribution in [0, 0.1) is 23.7 Å². The number of benzene rings is 1. The van der Waals surface area contributed by atoms with Crippen LogP contribution in [0.3, 0.4) is 0 Å². The zero-order valence-corrected chi connectivity index (χ0v) is 20.6. The van der Waals surface area contributed by atoms with E-state index in [-0.39, 0.29) is 42.2 Å². The second-order valence-electron chi connectivity index (χ2n) is 9.06. The van der Waals surface area contributed by atoms with Gasteiger partial charge in [0.15, 0.2) is 0 Å². The van der Waals surface area contributed by atoms with E-state index < -0.39 is 22.2 Å². The lowest BCUT2D eigenvalue weighted by Crippen LogP contribution is -2.50. The minimum atomic E-state index is -3.91. The number of hydrogen-bond donors (Lipinski definition) is 1. The lowest BCUT2D eigenvalue weighted by molar-refractivity contribution is -0.131. The molecule has 8 nitrogen and oxygen atoms in total. The van der Waals surface area contributed by atoms with E-state index in [0.29, 0.717) is 24.4 Å². The van der Waals surface area contributed by atoms with Gasteiger partial charge in [-0.25, -0.2) is 8.42 Å². The van der Waals surface area contributed by atoms with Gasteiger partial charge in [-0.1, -0.05) is 18.8 Å². The lowest BCUT2D eigenvalue weighted by atomic mass is 10.0. The molecule has 1 saturated carbocycles. The van der Waals surface area contributed by atoms with E-state index in [1.54, 1.807) is 38.1 Å². The van der Waals surface area contributed by atoms with Gasteiger partial charge in [-0.15, -0.1) is 0 Å². The molecule has 0 saturated heterocycles. The molecule has 2 aliphatic rings. The standard InChI is InChI=1S/C24H34N2O6S/c1-17-14-26(18(2)16-27)33(29,30)23-10-9-19(6-5-11-31-4)12-21(23)32-22(17)15-25(3)24(28)13-20-7-8-20/h9-10,12,17-18,20,22,27H,7-8,11,13-16H2,1-4H3/t17-,18-,22+/m0/s1. The Morgan fingerprint density at radius 1 is 1.39 bits per heavy atom. The number of carbonyl (C=O) groups is 1. The quantitative estimate of drug-likeness (QED) is 0.600. The van der Waals surface area contributed by atoms with Gasteiger partial charge >= 0.3 is 0 Å². The van der Waals surface area contributed by atoms with Gasteiger partial charge in [0.2, 0.25) is 15.9 Å². The summed E-state index contributed by atoms with van der Waals surface area (Å²) in [5, 5.41) is 9.73. The molecule has 3 atom stereocenters. The third kappa shape index (κ3) is 6.27. The van der Waals surface area contributed by atoms with E-state index in [1.165, 1.54) is 10.4 Å². The third-order valence-corrected chi connectivity index (χ3v) is 8.18. The molecule has 0 radical (unpaired) electrons. The molecule has 1 aliphatic carbocycles. The Labute approximate surface area is 196 Å². The highest BCUT2D eigenvalue weighted by Gasteiger charge is 2.38. The first-order valence-electron chi connectivity index (χ1n) is 11.3. The topological polar surface area (TPSA) is 96.4 Å². The molecule has 0 spiro atoms. The molecule has 9 heteroatoms. The number of fused-ring (bicyclic) bond motifs is 1. The largest absolute Gasteiger partial charge is 0.487 e. The van der Waals surface area contributed by atoms with E-state index in [1.807, 2.05) is 6.92 Å². The summed E-state index contributed by atoms with van der Waals surface area (Å²) in [6.07, 6.45) is 2.31. The Kier molecular flexibility index (Phi) is 8.40. The average molecular weight is 479 g/mol.